The average molecular weight is 422 g/mol. The van der Waals surface area contributed by atoms with Crippen molar-refractivity contribution in [3.05, 3.63) is 83.2 Å². The SMILES string of the molecule is FC(F)(F)c1ccnc(N=C2c3ccccc3CN2c2cc(C(F)(F)F)ccn2)c1. The first-order chi connectivity index (χ1) is 14.1. The topological polar surface area (TPSA) is 41.4 Å². The van der Waals surface area contributed by atoms with E-state index in [9.17, 15) is 26.3 Å². The molecule has 0 spiro atoms. The van der Waals surface area contributed by atoms with Gasteiger partial charge in [0.25, 0.3) is 0 Å². The van der Waals surface area contributed by atoms with Gasteiger partial charge in [-0.1, -0.05) is 24.3 Å². The van der Waals surface area contributed by atoms with Crippen molar-refractivity contribution in [2.45, 2.75) is 18.9 Å². The Morgan fingerprint density at radius 1 is 0.800 bits per heavy atom. The van der Waals surface area contributed by atoms with E-state index < -0.39 is 23.5 Å². The van der Waals surface area contributed by atoms with Crippen LogP contribution in [0.3, 0.4) is 0 Å². The highest BCUT2D eigenvalue weighted by Crippen LogP contribution is 2.35. The van der Waals surface area contributed by atoms with E-state index in [-0.39, 0.29) is 24.0 Å². The van der Waals surface area contributed by atoms with E-state index >= 15 is 0 Å². The zero-order chi connectivity index (χ0) is 21.5. The average Bonchev–Trinajstić information content (AvgIpc) is 3.06. The van der Waals surface area contributed by atoms with Crippen LogP contribution in [0.25, 0.3) is 0 Å². The number of halogens is 6. The highest BCUT2D eigenvalue weighted by molar-refractivity contribution is 6.14. The molecule has 30 heavy (non-hydrogen) atoms. The van der Waals surface area contributed by atoms with Crippen LogP contribution in [0.2, 0.25) is 0 Å². The predicted octanol–water partition coefficient (Wildman–Crippen LogP) is 5.61. The van der Waals surface area contributed by atoms with E-state index in [2.05, 4.69) is 15.0 Å². The lowest BCUT2D eigenvalue weighted by Gasteiger charge is -2.19. The van der Waals surface area contributed by atoms with Crippen LogP contribution in [0.15, 0.2) is 65.9 Å². The molecule has 0 fully saturated rings. The quantitative estimate of drug-likeness (QED) is 0.504. The maximum Gasteiger partial charge on any atom is 0.416 e. The Morgan fingerprint density at radius 3 is 2.13 bits per heavy atom. The summed E-state index contributed by atoms with van der Waals surface area (Å²) in [6.07, 6.45) is -7.13. The van der Waals surface area contributed by atoms with Crippen molar-refractivity contribution in [2.75, 3.05) is 4.90 Å². The van der Waals surface area contributed by atoms with E-state index in [1.807, 2.05) is 0 Å². The van der Waals surface area contributed by atoms with Gasteiger partial charge < -0.3 is 4.90 Å². The fraction of sp³-hybridized carbons (Fsp3) is 0.150. The number of aliphatic imine (C=N–C) groups is 1. The van der Waals surface area contributed by atoms with Gasteiger partial charge in [-0.05, 0) is 29.8 Å². The summed E-state index contributed by atoms with van der Waals surface area (Å²) >= 11 is 0. The Morgan fingerprint density at radius 2 is 1.43 bits per heavy atom. The monoisotopic (exact) mass is 422 g/mol. The second-order valence-electron chi connectivity index (χ2n) is 6.48. The second kappa shape index (κ2) is 7.12. The summed E-state index contributed by atoms with van der Waals surface area (Å²) in [6, 6.07) is 10.2. The number of pyridine rings is 2. The van der Waals surface area contributed by atoms with Crippen LogP contribution < -0.4 is 4.90 Å². The van der Waals surface area contributed by atoms with Crippen LogP contribution >= 0.6 is 0 Å². The largest absolute Gasteiger partial charge is 0.416 e. The van der Waals surface area contributed by atoms with Gasteiger partial charge in [0.05, 0.1) is 17.7 Å². The highest BCUT2D eigenvalue weighted by Gasteiger charge is 2.34. The number of hydrogen-bond acceptors (Lipinski definition) is 3. The number of amidine groups is 1. The molecule has 4 nitrogen and oxygen atoms in total. The third-order valence-corrected chi connectivity index (χ3v) is 4.49. The summed E-state index contributed by atoms with van der Waals surface area (Å²) in [7, 11) is 0. The van der Waals surface area contributed by atoms with Crippen LogP contribution in [0.1, 0.15) is 22.3 Å². The smallest absolute Gasteiger partial charge is 0.306 e. The lowest BCUT2D eigenvalue weighted by atomic mass is 10.1. The fourth-order valence-corrected chi connectivity index (χ4v) is 3.08. The van der Waals surface area contributed by atoms with Crippen molar-refractivity contribution in [3.63, 3.8) is 0 Å². The summed E-state index contributed by atoms with van der Waals surface area (Å²) < 4.78 is 78.4. The summed E-state index contributed by atoms with van der Waals surface area (Å²) in [5, 5.41) is 0. The van der Waals surface area contributed by atoms with Gasteiger partial charge in [-0.25, -0.2) is 15.0 Å². The van der Waals surface area contributed by atoms with Gasteiger partial charge in [-0.3, -0.25) is 0 Å². The van der Waals surface area contributed by atoms with E-state index in [4.69, 9.17) is 0 Å². The molecule has 3 aromatic rings. The fourth-order valence-electron chi connectivity index (χ4n) is 3.08. The summed E-state index contributed by atoms with van der Waals surface area (Å²) in [6.45, 7) is 0.169. The number of alkyl halides is 6. The minimum atomic E-state index is -4.58. The number of anilines is 1. The highest BCUT2D eigenvalue weighted by atomic mass is 19.4. The van der Waals surface area contributed by atoms with Gasteiger partial charge in [-0.15, -0.1) is 0 Å². The Kier molecular flexibility index (Phi) is 4.71. The molecule has 0 saturated heterocycles. The molecule has 3 heterocycles. The number of aromatic nitrogens is 2. The van der Waals surface area contributed by atoms with Crippen LogP contribution in [-0.2, 0) is 18.9 Å². The Hall–Kier alpha value is -3.43. The molecule has 4 rings (SSSR count). The number of rotatable bonds is 2. The molecule has 0 atom stereocenters. The molecule has 154 valence electrons. The van der Waals surface area contributed by atoms with E-state index in [0.29, 0.717) is 5.56 Å². The van der Waals surface area contributed by atoms with Crippen LogP contribution in [0.5, 0.6) is 0 Å². The molecular formula is C20H12F6N4. The van der Waals surface area contributed by atoms with Gasteiger partial charge in [0.1, 0.15) is 11.7 Å². The zero-order valence-corrected chi connectivity index (χ0v) is 15.0. The molecular weight excluding hydrogens is 410 g/mol. The molecule has 0 N–H and O–H groups in total. The lowest BCUT2D eigenvalue weighted by Crippen LogP contribution is -2.25. The standard InChI is InChI=1S/C20H12F6N4/c21-19(22,23)13-5-7-27-16(9-13)29-18-15-4-2-1-3-12(15)11-30(18)17-10-14(6-8-28-17)20(24,25)26/h1-10H,11H2. The van der Waals surface area contributed by atoms with Gasteiger partial charge in [0, 0.05) is 18.0 Å². The molecule has 1 aromatic carbocycles. The van der Waals surface area contributed by atoms with Crippen molar-refractivity contribution >= 4 is 17.5 Å². The summed E-state index contributed by atoms with van der Waals surface area (Å²) in [5.74, 6) is -0.0653. The van der Waals surface area contributed by atoms with Crippen LogP contribution in [0.4, 0.5) is 38.0 Å². The van der Waals surface area contributed by atoms with Crippen molar-refractivity contribution in [2.24, 2.45) is 4.99 Å². The Labute approximate surface area is 166 Å². The maximum absolute atomic E-state index is 13.1. The van der Waals surface area contributed by atoms with Crippen molar-refractivity contribution in [1.82, 2.24) is 9.97 Å². The van der Waals surface area contributed by atoms with Crippen LogP contribution in [0, 0.1) is 0 Å². The normalized spacial score (nSPS) is 15.5. The van der Waals surface area contributed by atoms with Gasteiger partial charge in [-0.2, -0.15) is 26.3 Å². The second-order valence-corrected chi connectivity index (χ2v) is 6.48. The zero-order valence-electron chi connectivity index (χ0n) is 15.0. The summed E-state index contributed by atoms with van der Waals surface area (Å²) in [5.41, 5.74) is -0.481. The number of hydrogen-bond donors (Lipinski definition) is 0. The molecule has 0 aliphatic carbocycles. The molecule has 0 bridgehead atoms. The third kappa shape index (κ3) is 3.85. The predicted molar refractivity (Wildman–Crippen MR) is 97.3 cm³/mol. The Bertz CT molecular complexity index is 1120. The molecule has 0 radical (unpaired) electrons. The molecule has 0 unspecified atom stereocenters. The molecule has 2 aromatic heterocycles. The first-order valence-electron chi connectivity index (χ1n) is 8.64. The maximum atomic E-state index is 13.1. The first-order valence-corrected chi connectivity index (χ1v) is 8.64. The third-order valence-electron chi connectivity index (χ3n) is 4.49. The van der Waals surface area contributed by atoms with E-state index in [0.717, 1.165) is 42.2 Å². The molecule has 0 saturated carbocycles. The van der Waals surface area contributed by atoms with Gasteiger partial charge in [0.2, 0.25) is 0 Å². The van der Waals surface area contributed by atoms with Crippen LogP contribution in [-0.4, -0.2) is 15.8 Å². The molecule has 1 aliphatic rings. The summed E-state index contributed by atoms with van der Waals surface area (Å²) in [4.78, 5) is 13.5. The van der Waals surface area contributed by atoms with E-state index in [1.54, 1.807) is 24.3 Å². The lowest BCUT2D eigenvalue weighted by molar-refractivity contribution is -0.138. The number of fused-ring (bicyclic) bond motifs is 1. The minimum absolute atomic E-state index is 0.0215. The molecule has 0 amide bonds. The first kappa shape index (κ1) is 19.9. The van der Waals surface area contributed by atoms with Crippen molar-refractivity contribution in [3.8, 4) is 0 Å². The number of benzene rings is 1. The molecule has 10 heteroatoms. The minimum Gasteiger partial charge on any atom is -0.306 e. The Balaban J connectivity index is 1.82. The van der Waals surface area contributed by atoms with E-state index in [1.165, 1.54) is 4.90 Å². The molecule has 1 aliphatic heterocycles. The number of nitrogens with zero attached hydrogens (tertiary/aromatic N) is 4. The van der Waals surface area contributed by atoms with Gasteiger partial charge in [0.15, 0.2) is 5.82 Å². The van der Waals surface area contributed by atoms with Gasteiger partial charge >= 0.3 is 12.4 Å². The van der Waals surface area contributed by atoms with Crippen molar-refractivity contribution in [1.29, 1.82) is 0 Å². The van der Waals surface area contributed by atoms with Crippen molar-refractivity contribution < 1.29 is 26.3 Å².